The first kappa shape index (κ1) is 16.5. The van der Waals surface area contributed by atoms with E-state index in [0.717, 1.165) is 0 Å². The van der Waals surface area contributed by atoms with E-state index in [1.807, 2.05) is 0 Å². The molecule has 17 heavy (non-hydrogen) atoms. The molecule has 0 saturated carbocycles. The number of sulfonamides is 1. The number of halogens is 1. The van der Waals surface area contributed by atoms with Crippen molar-refractivity contribution in [1.29, 1.82) is 0 Å². The lowest BCUT2D eigenvalue weighted by atomic mass is 10.4. The Bertz CT molecular complexity index is 319. The molecule has 0 aliphatic carbocycles. The predicted octanol–water partition coefficient (Wildman–Crippen LogP) is 0.196. The summed E-state index contributed by atoms with van der Waals surface area (Å²) in [5.41, 5.74) is 0. The van der Waals surface area contributed by atoms with Crippen molar-refractivity contribution in [2.45, 2.75) is 12.8 Å². The topological polar surface area (TPSA) is 78.5 Å². The number of nitrogens with zero attached hydrogens (tertiary/aromatic N) is 1. The van der Waals surface area contributed by atoms with E-state index in [1.54, 1.807) is 14.1 Å². The second-order valence-corrected chi connectivity index (χ2v) is 6.04. The molecule has 0 radical (unpaired) electrons. The summed E-state index contributed by atoms with van der Waals surface area (Å²) >= 11 is 5.45. The van der Waals surface area contributed by atoms with Gasteiger partial charge >= 0.3 is 6.03 Å². The largest absolute Gasteiger partial charge is 0.337 e. The van der Waals surface area contributed by atoms with Crippen LogP contribution in [-0.2, 0) is 10.0 Å². The molecule has 8 heteroatoms. The van der Waals surface area contributed by atoms with Gasteiger partial charge in [-0.2, -0.15) is 0 Å². The molecule has 0 aliphatic rings. The van der Waals surface area contributed by atoms with Gasteiger partial charge in [-0.3, -0.25) is 0 Å². The first-order chi connectivity index (χ1) is 7.89. The van der Waals surface area contributed by atoms with Crippen LogP contribution in [0.25, 0.3) is 0 Å². The molecule has 6 nitrogen and oxygen atoms in total. The van der Waals surface area contributed by atoms with E-state index in [4.69, 9.17) is 11.6 Å². The summed E-state index contributed by atoms with van der Waals surface area (Å²) in [7, 11) is -0.0121. The van der Waals surface area contributed by atoms with Crippen LogP contribution in [0.2, 0.25) is 0 Å². The Morgan fingerprint density at radius 2 is 1.88 bits per heavy atom. The summed E-state index contributed by atoms with van der Waals surface area (Å²) in [5, 5.41) is 2.56. The average Bonchev–Trinajstić information content (AvgIpc) is 2.24. The molecule has 0 spiro atoms. The van der Waals surface area contributed by atoms with Gasteiger partial charge in [-0.05, 0) is 12.8 Å². The molecule has 0 heterocycles. The fraction of sp³-hybridized carbons (Fsp3) is 0.889. The lowest BCUT2D eigenvalue weighted by Crippen LogP contribution is -2.40. The van der Waals surface area contributed by atoms with E-state index in [0.29, 0.717) is 18.7 Å². The van der Waals surface area contributed by atoms with Gasteiger partial charge in [0.25, 0.3) is 0 Å². The number of nitrogens with one attached hydrogen (secondary N) is 2. The number of alkyl halides is 1. The Kier molecular flexibility index (Phi) is 8.28. The number of carbonyl (C=O) groups excluding carboxylic acids is 1. The lowest BCUT2D eigenvalue weighted by molar-refractivity contribution is 0.217. The minimum absolute atomic E-state index is 0.0708. The third-order valence-electron chi connectivity index (χ3n) is 1.93. The molecule has 0 atom stereocenters. The zero-order valence-corrected chi connectivity index (χ0v) is 11.8. The summed E-state index contributed by atoms with van der Waals surface area (Å²) in [6, 6.07) is -0.244. The summed E-state index contributed by atoms with van der Waals surface area (Å²) in [6.45, 7) is 0.467. The monoisotopic (exact) mass is 285 g/mol. The Labute approximate surface area is 108 Å². The van der Waals surface area contributed by atoms with Gasteiger partial charge in [0.2, 0.25) is 10.0 Å². The number of urea groups is 1. The summed E-state index contributed by atoms with van der Waals surface area (Å²) < 4.78 is 25.2. The fourth-order valence-corrected chi connectivity index (χ4v) is 2.32. The standard InChI is InChI=1S/C9H20ClN3O3S/c1-13(2)9(14)11-6-7-12-17(15,16)8-4-3-5-10/h12H,3-8H2,1-2H3,(H,11,14). The fourth-order valence-electron chi connectivity index (χ4n) is 0.993. The van der Waals surface area contributed by atoms with Crippen LogP contribution in [0.3, 0.4) is 0 Å². The highest BCUT2D eigenvalue weighted by atomic mass is 35.5. The van der Waals surface area contributed by atoms with Crippen molar-refractivity contribution in [1.82, 2.24) is 14.9 Å². The minimum Gasteiger partial charge on any atom is -0.337 e. The SMILES string of the molecule is CN(C)C(=O)NCCNS(=O)(=O)CCCCCl. The van der Waals surface area contributed by atoms with Crippen molar-refractivity contribution in [2.24, 2.45) is 0 Å². The Hall–Kier alpha value is -0.530. The molecule has 2 amide bonds. The van der Waals surface area contributed by atoms with Crippen LogP contribution in [0.4, 0.5) is 4.79 Å². The normalized spacial score (nSPS) is 11.2. The van der Waals surface area contributed by atoms with Crippen molar-refractivity contribution in [3.05, 3.63) is 0 Å². The van der Waals surface area contributed by atoms with Crippen LogP contribution in [0.15, 0.2) is 0 Å². The Morgan fingerprint density at radius 3 is 2.41 bits per heavy atom. The number of hydrogen-bond donors (Lipinski definition) is 2. The number of carbonyl (C=O) groups is 1. The van der Waals surface area contributed by atoms with Crippen molar-refractivity contribution in [3.8, 4) is 0 Å². The van der Waals surface area contributed by atoms with E-state index < -0.39 is 10.0 Å². The zero-order valence-electron chi connectivity index (χ0n) is 10.2. The maximum atomic E-state index is 11.4. The molecule has 0 aromatic heterocycles. The Balaban J connectivity index is 3.69. The number of hydrogen-bond acceptors (Lipinski definition) is 3. The molecule has 102 valence electrons. The predicted molar refractivity (Wildman–Crippen MR) is 68.8 cm³/mol. The van der Waals surface area contributed by atoms with Crippen LogP contribution in [0, 0.1) is 0 Å². The van der Waals surface area contributed by atoms with Gasteiger partial charge in [0.15, 0.2) is 0 Å². The third kappa shape index (κ3) is 9.20. The molecule has 0 unspecified atom stereocenters. The van der Waals surface area contributed by atoms with Crippen LogP contribution in [-0.4, -0.2) is 58.2 Å². The highest BCUT2D eigenvalue weighted by Crippen LogP contribution is 1.95. The van der Waals surface area contributed by atoms with E-state index in [9.17, 15) is 13.2 Å². The molecule has 0 aromatic carbocycles. The number of amides is 2. The van der Waals surface area contributed by atoms with Crippen LogP contribution < -0.4 is 10.0 Å². The van der Waals surface area contributed by atoms with Crippen molar-refractivity contribution >= 4 is 27.7 Å². The molecular weight excluding hydrogens is 266 g/mol. The smallest absolute Gasteiger partial charge is 0.316 e. The lowest BCUT2D eigenvalue weighted by Gasteiger charge is -2.12. The summed E-state index contributed by atoms with van der Waals surface area (Å²) in [5.74, 6) is 0.537. The number of unbranched alkanes of at least 4 members (excludes halogenated alkanes) is 1. The van der Waals surface area contributed by atoms with Gasteiger partial charge < -0.3 is 10.2 Å². The van der Waals surface area contributed by atoms with Gasteiger partial charge in [0, 0.05) is 33.1 Å². The molecule has 0 aliphatic heterocycles. The maximum absolute atomic E-state index is 11.4. The van der Waals surface area contributed by atoms with E-state index >= 15 is 0 Å². The van der Waals surface area contributed by atoms with Gasteiger partial charge in [0.05, 0.1) is 5.75 Å². The highest BCUT2D eigenvalue weighted by molar-refractivity contribution is 7.89. The van der Waals surface area contributed by atoms with Crippen molar-refractivity contribution in [2.75, 3.05) is 38.8 Å². The van der Waals surface area contributed by atoms with Crippen molar-refractivity contribution in [3.63, 3.8) is 0 Å². The second kappa shape index (κ2) is 8.54. The zero-order chi connectivity index (χ0) is 13.3. The molecule has 0 fully saturated rings. The molecule has 0 bridgehead atoms. The Morgan fingerprint density at radius 1 is 1.24 bits per heavy atom. The third-order valence-corrected chi connectivity index (χ3v) is 3.66. The van der Waals surface area contributed by atoms with Gasteiger partial charge in [-0.1, -0.05) is 0 Å². The highest BCUT2D eigenvalue weighted by Gasteiger charge is 2.09. The average molecular weight is 286 g/mol. The van der Waals surface area contributed by atoms with E-state index in [2.05, 4.69) is 10.0 Å². The molecule has 0 saturated heterocycles. The maximum Gasteiger partial charge on any atom is 0.316 e. The van der Waals surface area contributed by atoms with Crippen LogP contribution in [0.1, 0.15) is 12.8 Å². The van der Waals surface area contributed by atoms with Gasteiger partial charge in [0.1, 0.15) is 0 Å². The molecular formula is C9H20ClN3O3S. The number of rotatable bonds is 8. The summed E-state index contributed by atoms with van der Waals surface area (Å²) in [6.07, 6.45) is 1.22. The first-order valence-corrected chi connectivity index (χ1v) is 7.56. The quantitative estimate of drug-likeness (QED) is 0.494. The van der Waals surface area contributed by atoms with Crippen molar-refractivity contribution < 1.29 is 13.2 Å². The van der Waals surface area contributed by atoms with E-state index in [1.165, 1.54) is 4.90 Å². The van der Waals surface area contributed by atoms with Gasteiger partial charge in [-0.15, -0.1) is 11.6 Å². The molecule has 0 rings (SSSR count). The van der Waals surface area contributed by atoms with E-state index in [-0.39, 0.29) is 24.9 Å². The minimum atomic E-state index is -3.25. The summed E-state index contributed by atoms with van der Waals surface area (Å²) in [4.78, 5) is 12.5. The molecule has 2 N–H and O–H groups in total. The second-order valence-electron chi connectivity index (χ2n) is 3.74. The van der Waals surface area contributed by atoms with Gasteiger partial charge in [-0.25, -0.2) is 17.9 Å². The van der Waals surface area contributed by atoms with Crippen LogP contribution >= 0.6 is 11.6 Å². The van der Waals surface area contributed by atoms with Crippen LogP contribution in [0.5, 0.6) is 0 Å². The molecule has 0 aromatic rings. The first-order valence-electron chi connectivity index (χ1n) is 5.37.